The fraction of sp³-hybridized carbons (Fsp3) is 0.333. The monoisotopic (exact) mass is 374 g/mol. The average molecular weight is 374 g/mol. The van der Waals surface area contributed by atoms with Crippen LogP contribution in [-0.4, -0.2) is 20.6 Å². The Hall–Kier alpha value is -2.17. The van der Waals surface area contributed by atoms with E-state index in [4.69, 9.17) is 0 Å². The minimum atomic E-state index is -3.52. The molecule has 3 rings (SSSR count). The van der Waals surface area contributed by atoms with Crippen LogP contribution < -0.4 is 5.32 Å². The van der Waals surface area contributed by atoms with E-state index in [0.29, 0.717) is 16.5 Å². The molecule has 1 amide bonds. The van der Waals surface area contributed by atoms with Gasteiger partial charge in [0.15, 0.2) is 9.84 Å². The van der Waals surface area contributed by atoms with Gasteiger partial charge < -0.3 is 5.32 Å². The van der Waals surface area contributed by atoms with E-state index in [1.165, 1.54) is 23.5 Å². The molecule has 1 aromatic heterocycles. The second-order valence-corrected chi connectivity index (χ2v) is 9.48. The van der Waals surface area contributed by atoms with Crippen LogP contribution >= 0.6 is 11.3 Å². The maximum Gasteiger partial charge on any atom is 0.257 e. The van der Waals surface area contributed by atoms with Gasteiger partial charge in [0, 0.05) is 11.1 Å². The Morgan fingerprint density at radius 1 is 1.36 bits per heavy atom. The fourth-order valence-corrected chi connectivity index (χ4v) is 5.35. The highest BCUT2D eigenvalue weighted by molar-refractivity contribution is 7.90. The Labute approximate surface area is 151 Å². The highest BCUT2D eigenvalue weighted by atomic mass is 32.2. The highest BCUT2D eigenvalue weighted by Crippen LogP contribution is 2.39. The zero-order chi connectivity index (χ0) is 18.2. The van der Waals surface area contributed by atoms with Crippen molar-refractivity contribution in [3.8, 4) is 6.07 Å². The molecular formula is C18H18N2O3S2. The summed E-state index contributed by atoms with van der Waals surface area (Å²) in [5, 5.41) is 12.8. The van der Waals surface area contributed by atoms with E-state index in [2.05, 4.69) is 18.3 Å². The van der Waals surface area contributed by atoms with Gasteiger partial charge in [-0.25, -0.2) is 8.42 Å². The van der Waals surface area contributed by atoms with Crippen molar-refractivity contribution in [1.29, 1.82) is 5.26 Å². The van der Waals surface area contributed by atoms with Crippen molar-refractivity contribution in [3.05, 3.63) is 45.8 Å². The topological polar surface area (TPSA) is 87.0 Å². The third-order valence-corrected chi connectivity index (χ3v) is 6.71. The number of nitrogens with zero attached hydrogens (tertiary/aromatic N) is 1. The van der Waals surface area contributed by atoms with Gasteiger partial charge in [-0.2, -0.15) is 5.26 Å². The first-order valence-electron chi connectivity index (χ1n) is 7.96. The van der Waals surface area contributed by atoms with E-state index in [9.17, 15) is 18.5 Å². The molecule has 130 valence electrons. The number of thiophene rings is 1. The molecule has 0 fully saturated rings. The number of benzene rings is 1. The fourth-order valence-electron chi connectivity index (χ4n) is 3.11. The predicted octanol–water partition coefficient (Wildman–Crippen LogP) is 3.40. The minimum Gasteiger partial charge on any atom is -0.312 e. The first kappa shape index (κ1) is 17.6. The molecule has 0 aliphatic heterocycles. The van der Waals surface area contributed by atoms with Gasteiger partial charge in [-0.15, -0.1) is 11.3 Å². The molecular weight excluding hydrogens is 356 g/mol. The van der Waals surface area contributed by atoms with Crippen molar-refractivity contribution >= 4 is 32.1 Å². The summed E-state index contributed by atoms with van der Waals surface area (Å²) in [6.07, 6.45) is 3.85. The number of amides is 1. The average Bonchev–Trinajstić information content (AvgIpc) is 2.89. The van der Waals surface area contributed by atoms with Crippen LogP contribution in [0.4, 0.5) is 5.00 Å². The zero-order valence-corrected chi connectivity index (χ0v) is 15.6. The van der Waals surface area contributed by atoms with Gasteiger partial charge in [-0.1, -0.05) is 19.1 Å². The van der Waals surface area contributed by atoms with Crippen LogP contribution in [0, 0.1) is 17.2 Å². The Morgan fingerprint density at radius 3 is 2.76 bits per heavy atom. The molecule has 0 saturated carbocycles. The van der Waals surface area contributed by atoms with Crippen LogP contribution in [0.1, 0.15) is 39.7 Å². The van der Waals surface area contributed by atoms with E-state index in [0.717, 1.165) is 36.0 Å². The third kappa shape index (κ3) is 3.46. The molecule has 1 aliphatic rings. The maximum atomic E-state index is 12.6. The number of carbonyl (C=O) groups excluding carboxylic acids is 1. The largest absolute Gasteiger partial charge is 0.312 e. The number of rotatable bonds is 3. The number of carbonyl (C=O) groups is 1. The van der Waals surface area contributed by atoms with E-state index >= 15 is 0 Å². The molecule has 0 spiro atoms. The van der Waals surface area contributed by atoms with Gasteiger partial charge in [0.1, 0.15) is 11.1 Å². The zero-order valence-electron chi connectivity index (χ0n) is 14.0. The van der Waals surface area contributed by atoms with Gasteiger partial charge in [-0.3, -0.25) is 4.79 Å². The number of anilines is 1. The standard InChI is InChI=1S/C18H18N2O3S2/c1-11-7-8-12-14(10-19)18(24-15(12)9-11)20-17(21)13-5-3-4-6-16(13)25(2,22)23/h3-6,11H,7-9H2,1-2H3,(H,20,21)/t11-/m0/s1. The Balaban J connectivity index is 1.97. The molecule has 5 nitrogen and oxygen atoms in total. The normalized spacial score (nSPS) is 16.8. The number of fused-ring (bicyclic) bond motifs is 1. The van der Waals surface area contributed by atoms with Crippen LogP contribution in [-0.2, 0) is 22.7 Å². The Bertz CT molecular complexity index is 984. The summed E-state index contributed by atoms with van der Waals surface area (Å²) in [5.41, 5.74) is 1.63. The van der Waals surface area contributed by atoms with E-state index in [-0.39, 0.29) is 10.5 Å². The maximum absolute atomic E-state index is 12.6. The molecule has 0 saturated heterocycles. The van der Waals surface area contributed by atoms with Crippen molar-refractivity contribution in [2.45, 2.75) is 31.1 Å². The lowest BCUT2D eigenvalue weighted by Crippen LogP contribution is -2.16. The van der Waals surface area contributed by atoms with Crippen molar-refractivity contribution in [2.75, 3.05) is 11.6 Å². The molecule has 0 bridgehead atoms. The van der Waals surface area contributed by atoms with Crippen molar-refractivity contribution in [1.82, 2.24) is 0 Å². The molecule has 1 aromatic carbocycles. The summed E-state index contributed by atoms with van der Waals surface area (Å²) in [6, 6.07) is 8.29. The third-order valence-electron chi connectivity index (χ3n) is 4.38. The van der Waals surface area contributed by atoms with Crippen LogP contribution in [0.3, 0.4) is 0 Å². The molecule has 7 heteroatoms. The second-order valence-electron chi connectivity index (χ2n) is 6.39. The molecule has 1 atom stereocenters. The number of nitriles is 1. The molecule has 1 N–H and O–H groups in total. The van der Waals surface area contributed by atoms with Crippen LogP contribution in [0.15, 0.2) is 29.2 Å². The van der Waals surface area contributed by atoms with Gasteiger partial charge in [0.05, 0.1) is 16.0 Å². The van der Waals surface area contributed by atoms with Gasteiger partial charge >= 0.3 is 0 Å². The Morgan fingerprint density at radius 2 is 2.08 bits per heavy atom. The lowest BCUT2D eigenvalue weighted by molar-refractivity contribution is 0.102. The highest BCUT2D eigenvalue weighted by Gasteiger charge is 2.26. The van der Waals surface area contributed by atoms with Crippen LogP contribution in [0.2, 0.25) is 0 Å². The lowest BCUT2D eigenvalue weighted by atomic mass is 9.88. The van der Waals surface area contributed by atoms with Crippen molar-refractivity contribution < 1.29 is 13.2 Å². The summed E-state index contributed by atoms with van der Waals surface area (Å²) in [7, 11) is -3.52. The molecule has 0 unspecified atom stereocenters. The summed E-state index contributed by atoms with van der Waals surface area (Å²) >= 11 is 1.42. The quantitative estimate of drug-likeness (QED) is 0.892. The number of hydrogen-bond donors (Lipinski definition) is 1. The number of sulfone groups is 1. The summed E-state index contributed by atoms with van der Waals surface area (Å²) in [6.45, 7) is 2.18. The molecule has 0 radical (unpaired) electrons. The van der Waals surface area contributed by atoms with Crippen LogP contribution in [0.25, 0.3) is 0 Å². The van der Waals surface area contributed by atoms with E-state index in [1.54, 1.807) is 12.1 Å². The smallest absolute Gasteiger partial charge is 0.257 e. The van der Waals surface area contributed by atoms with Crippen molar-refractivity contribution in [2.24, 2.45) is 5.92 Å². The SMILES string of the molecule is C[C@H]1CCc2c(sc(NC(=O)c3ccccc3S(C)(=O)=O)c2C#N)C1. The summed E-state index contributed by atoms with van der Waals surface area (Å²) in [5.74, 6) is 0.0522. The summed E-state index contributed by atoms with van der Waals surface area (Å²) in [4.78, 5) is 13.8. The summed E-state index contributed by atoms with van der Waals surface area (Å²) < 4.78 is 23.8. The van der Waals surface area contributed by atoms with Gasteiger partial charge in [-0.05, 0) is 42.9 Å². The molecule has 1 heterocycles. The molecule has 2 aromatic rings. The molecule has 25 heavy (non-hydrogen) atoms. The molecule has 1 aliphatic carbocycles. The van der Waals surface area contributed by atoms with E-state index < -0.39 is 15.7 Å². The number of nitrogens with one attached hydrogen (secondary N) is 1. The number of hydrogen-bond acceptors (Lipinski definition) is 5. The van der Waals surface area contributed by atoms with Gasteiger partial charge in [0.2, 0.25) is 0 Å². The predicted molar refractivity (Wildman–Crippen MR) is 97.7 cm³/mol. The minimum absolute atomic E-state index is 0.0130. The lowest BCUT2D eigenvalue weighted by Gasteiger charge is -2.17. The Kier molecular flexibility index (Phi) is 4.67. The first-order valence-corrected chi connectivity index (χ1v) is 10.7. The van der Waals surface area contributed by atoms with E-state index in [1.807, 2.05) is 0 Å². The van der Waals surface area contributed by atoms with Crippen LogP contribution in [0.5, 0.6) is 0 Å². The first-order chi connectivity index (χ1) is 11.8. The van der Waals surface area contributed by atoms with Gasteiger partial charge in [0.25, 0.3) is 5.91 Å². The second kappa shape index (κ2) is 6.62. The van der Waals surface area contributed by atoms with Crippen molar-refractivity contribution in [3.63, 3.8) is 0 Å².